The highest BCUT2D eigenvalue weighted by molar-refractivity contribution is 5.96. The molecule has 4 fully saturated rings. The number of fused-ring (bicyclic) bond motifs is 2. The van der Waals surface area contributed by atoms with Crippen molar-refractivity contribution in [1.29, 1.82) is 0 Å². The van der Waals surface area contributed by atoms with E-state index in [-0.39, 0.29) is 43.8 Å². The number of furan rings is 1. The van der Waals surface area contributed by atoms with E-state index in [0.717, 1.165) is 6.92 Å². The van der Waals surface area contributed by atoms with Gasteiger partial charge in [-0.05, 0) is 30.5 Å². The van der Waals surface area contributed by atoms with Crippen molar-refractivity contribution >= 4 is 36.1 Å². The number of hydrogen-bond donors (Lipinski definition) is 1. The maximum absolute atomic E-state index is 14.2. The number of esters is 4. The zero-order valence-corrected chi connectivity index (χ0v) is 27.4. The van der Waals surface area contributed by atoms with E-state index in [4.69, 9.17) is 28.1 Å². The largest absolute Gasteiger partial charge is 0.469 e. The first-order valence-electron chi connectivity index (χ1n) is 15.8. The van der Waals surface area contributed by atoms with Gasteiger partial charge < -0.3 is 33.2 Å². The molecular formula is C34H42O13. The standard InChI is InChI=1S/C34H42O13/c1-17(2)11-26(39)46-30-29(44-16-35)28(18(3)34(41)23(37)12-20(33(30,34)7)21-9-8-10-42-21)32(6)22-13-25(38)43-15-31(22,5)47-27(40)14-24(32)45-19(4)36/h8-10,16-17,20,22,24,28-30,41H,3,11-15H2,1-2,4-7H3/t20-,22+,24+,28+,29-,30+,31-,32-,33-,34-/m1/s1. The average molecular weight is 659 g/mol. The normalized spacial score (nSPS) is 40.0. The molecule has 0 radical (unpaired) electrons. The van der Waals surface area contributed by atoms with Gasteiger partial charge in [0.25, 0.3) is 6.47 Å². The first-order chi connectivity index (χ1) is 21.9. The predicted molar refractivity (Wildman–Crippen MR) is 159 cm³/mol. The second kappa shape index (κ2) is 11.9. The Bertz CT molecular complexity index is 1480. The van der Waals surface area contributed by atoms with Crippen LogP contribution in [0.5, 0.6) is 0 Å². The van der Waals surface area contributed by atoms with Crippen LogP contribution < -0.4 is 0 Å². The van der Waals surface area contributed by atoms with Crippen molar-refractivity contribution in [3.8, 4) is 0 Å². The van der Waals surface area contributed by atoms with E-state index in [2.05, 4.69) is 6.58 Å². The molecular weight excluding hydrogens is 616 g/mol. The van der Waals surface area contributed by atoms with Gasteiger partial charge in [0.2, 0.25) is 0 Å². The number of cyclic esters (lactones) is 1. The van der Waals surface area contributed by atoms with E-state index in [1.54, 1.807) is 32.9 Å². The zero-order chi connectivity index (χ0) is 34.7. The number of hydrogen-bond acceptors (Lipinski definition) is 13. The van der Waals surface area contributed by atoms with Crippen LogP contribution in [0.4, 0.5) is 0 Å². The Balaban J connectivity index is 1.81. The van der Waals surface area contributed by atoms with Crippen molar-refractivity contribution in [2.45, 2.75) is 103 Å². The van der Waals surface area contributed by atoms with Crippen molar-refractivity contribution in [2.24, 2.45) is 28.6 Å². The minimum absolute atomic E-state index is 0.0357. The van der Waals surface area contributed by atoms with Gasteiger partial charge in [-0.15, -0.1) is 0 Å². The van der Waals surface area contributed by atoms with Crippen LogP contribution in [0.25, 0.3) is 0 Å². The van der Waals surface area contributed by atoms with Crippen LogP contribution >= 0.6 is 0 Å². The molecule has 13 nitrogen and oxygen atoms in total. The predicted octanol–water partition coefficient (Wildman–Crippen LogP) is 2.97. The number of Topliss-reactive ketones (excluding diaryl/α,β-unsaturated/α-hetero) is 1. The lowest BCUT2D eigenvalue weighted by atomic mass is 9.46. The van der Waals surface area contributed by atoms with Crippen LogP contribution in [0.15, 0.2) is 35.0 Å². The minimum atomic E-state index is -2.41. The summed E-state index contributed by atoms with van der Waals surface area (Å²) in [5, 5.41) is 12.8. The third-order valence-electron chi connectivity index (χ3n) is 11.0. The highest BCUT2D eigenvalue weighted by Gasteiger charge is 2.78. The highest BCUT2D eigenvalue weighted by atomic mass is 16.6. The summed E-state index contributed by atoms with van der Waals surface area (Å²) < 4.78 is 34.7. The Kier molecular flexibility index (Phi) is 8.70. The van der Waals surface area contributed by atoms with Crippen molar-refractivity contribution in [3.05, 3.63) is 36.3 Å². The third kappa shape index (κ3) is 5.17. The van der Waals surface area contributed by atoms with E-state index in [9.17, 15) is 33.9 Å². The fraction of sp³-hybridized carbons (Fsp3) is 0.647. The van der Waals surface area contributed by atoms with Gasteiger partial charge in [-0.3, -0.25) is 28.8 Å². The maximum atomic E-state index is 14.2. The van der Waals surface area contributed by atoms with Gasteiger partial charge in [0.05, 0.1) is 24.5 Å². The van der Waals surface area contributed by atoms with Crippen LogP contribution in [0.2, 0.25) is 0 Å². The molecule has 1 N–H and O–H groups in total. The number of carbonyl (C=O) groups is 6. The number of aliphatic hydroxyl groups is 1. The summed E-state index contributed by atoms with van der Waals surface area (Å²) in [5.41, 5.74) is -7.29. The molecule has 5 rings (SSSR count). The van der Waals surface area contributed by atoms with Gasteiger partial charge in [-0.2, -0.15) is 0 Å². The summed E-state index contributed by atoms with van der Waals surface area (Å²) in [4.78, 5) is 78.8. The van der Waals surface area contributed by atoms with E-state index < -0.39 is 94.2 Å². The monoisotopic (exact) mass is 658 g/mol. The molecule has 47 heavy (non-hydrogen) atoms. The van der Waals surface area contributed by atoms with Gasteiger partial charge in [-0.25, -0.2) is 0 Å². The molecule has 13 heteroatoms. The quantitative estimate of drug-likeness (QED) is 0.186. The molecule has 3 heterocycles. The van der Waals surface area contributed by atoms with Crippen LogP contribution in [0.3, 0.4) is 0 Å². The molecule has 1 aromatic heterocycles. The first-order valence-corrected chi connectivity index (χ1v) is 15.8. The van der Waals surface area contributed by atoms with E-state index in [0.29, 0.717) is 5.76 Å². The van der Waals surface area contributed by atoms with Crippen molar-refractivity contribution < 1.29 is 62.0 Å². The molecule has 0 unspecified atom stereocenters. The second-order valence-corrected chi connectivity index (χ2v) is 14.3. The second-order valence-electron chi connectivity index (χ2n) is 14.3. The number of ketones is 1. The lowest BCUT2D eigenvalue weighted by Gasteiger charge is -2.61. The van der Waals surface area contributed by atoms with Gasteiger partial charge in [0, 0.05) is 42.9 Å². The SMILES string of the molecule is C=C1[C@H]([C@@]2(C)[C@@H](OC(C)=O)CC(=O)O[C@]3(C)COC(=O)C[C@H]23)[C@@H](OC=O)[C@H](OC(=O)CC(C)C)[C@@]2(C)[C@@H](c3ccco3)CC(=O)[C@]12O. The number of ether oxygens (including phenoxy) is 5. The van der Waals surface area contributed by atoms with Gasteiger partial charge >= 0.3 is 23.9 Å². The van der Waals surface area contributed by atoms with Gasteiger partial charge in [0.15, 0.2) is 11.4 Å². The molecule has 2 saturated heterocycles. The average Bonchev–Trinajstić information content (AvgIpc) is 3.56. The summed E-state index contributed by atoms with van der Waals surface area (Å²) in [5.74, 6) is -6.45. The van der Waals surface area contributed by atoms with E-state index in [1.807, 2.05) is 13.8 Å². The van der Waals surface area contributed by atoms with Crippen molar-refractivity contribution in [2.75, 3.05) is 6.61 Å². The lowest BCUT2D eigenvalue weighted by Crippen LogP contribution is -2.72. The smallest absolute Gasteiger partial charge is 0.310 e. The fourth-order valence-electron chi connectivity index (χ4n) is 8.94. The van der Waals surface area contributed by atoms with E-state index in [1.165, 1.54) is 6.26 Å². The van der Waals surface area contributed by atoms with Crippen LogP contribution in [-0.4, -0.2) is 77.4 Å². The summed E-state index contributed by atoms with van der Waals surface area (Å²) in [7, 11) is 0. The van der Waals surface area contributed by atoms with Crippen LogP contribution in [-0.2, 0) is 52.5 Å². The van der Waals surface area contributed by atoms with Gasteiger partial charge in [-0.1, -0.05) is 34.3 Å². The van der Waals surface area contributed by atoms with Crippen LogP contribution in [0, 0.1) is 28.6 Å². The minimum Gasteiger partial charge on any atom is -0.469 e. The molecule has 0 aromatic carbocycles. The molecule has 2 aliphatic heterocycles. The van der Waals surface area contributed by atoms with Crippen molar-refractivity contribution in [3.63, 3.8) is 0 Å². The molecule has 4 aliphatic rings. The Labute approximate surface area is 272 Å². The summed E-state index contributed by atoms with van der Waals surface area (Å²) in [6.07, 6.45) is -3.95. The molecule has 256 valence electrons. The Hall–Kier alpha value is -4.00. The molecule has 2 aliphatic carbocycles. The topological polar surface area (TPSA) is 182 Å². The molecule has 0 amide bonds. The molecule has 0 spiro atoms. The summed E-state index contributed by atoms with van der Waals surface area (Å²) in [6, 6.07) is 3.26. The number of rotatable bonds is 8. The van der Waals surface area contributed by atoms with Crippen LogP contribution in [0.1, 0.15) is 78.9 Å². The molecule has 1 aromatic rings. The Morgan fingerprint density at radius 2 is 1.81 bits per heavy atom. The Morgan fingerprint density at radius 3 is 2.40 bits per heavy atom. The Morgan fingerprint density at radius 1 is 1.11 bits per heavy atom. The molecule has 2 saturated carbocycles. The maximum Gasteiger partial charge on any atom is 0.310 e. The van der Waals surface area contributed by atoms with Crippen molar-refractivity contribution in [1.82, 2.24) is 0 Å². The van der Waals surface area contributed by atoms with E-state index >= 15 is 0 Å². The summed E-state index contributed by atoms with van der Waals surface area (Å²) in [6.45, 7) is 13.6. The molecule has 0 bridgehead atoms. The van der Waals surface area contributed by atoms with Gasteiger partial charge in [0.1, 0.15) is 36.3 Å². The highest BCUT2D eigenvalue weighted by Crippen LogP contribution is 2.68. The molecule has 10 atom stereocenters. The zero-order valence-electron chi connectivity index (χ0n) is 27.4. The fourth-order valence-corrected chi connectivity index (χ4v) is 8.94. The third-order valence-corrected chi connectivity index (χ3v) is 11.0. The summed E-state index contributed by atoms with van der Waals surface area (Å²) >= 11 is 0. The lowest BCUT2D eigenvalue weighted by molar-refractivity contribution is -0.241. The number of carbonyl (C=O) groups excluding carboxylic acids is 6. The first kappa shape index (κ1) is 34.3.